The number of nitrogens with one attached hydrogen (secondary N) is 2. The van der Waals surface area contributed by atoms with Gasteiger partial charge in [0.1, 0.15) is 17.9 Å². The van der Waals surface area contributed by atoms with Crippen LogP contribution in [-0.2, 0) is 9.59 Å². The van der Waals surface area contributed by atoms with Gasteiger partial charge in [-0.25, -0.2) is 9.97 Å². The Morgan fingerprint density at radius 3 is 2.96 bits per heavy atom. The highest BCUT2D eigenvalue weighted by atomic mass is 16.5. The molecule has 2 heterocycles. The molecule has 1 aromatic heterocycles. The average molecular weight is 326 g/mol. The van der Waals surface area contributed by atoms with E-state index in [1.54, 1.807) is 13.2 Å². The lowest BCUT2D eigenvalue weighted by Crippen LogP contribution is -2.19. The topological polar surface area (TPSA) is 93.2 Å². The molecular weight excluding hydrogens is 308 g/mol. The molecule has 0 saturated carbocycles. The molecule has 1 atom stereocenters. The van der Waals surface area contributed by atoms with Crippen molar-refractivity contribution in [2.75, 3.05) is 19.0 Å². The van der Waals surface area contributed by atoms with E-state index in [0.29, 0.717) is 30.2 Å². The van der Waals surface area contributed by atoms with Crippen molar-refractivity contribution in [3.63, 3.8) is 0 Å². The maximum Gasteiger partial charge on any atom is 0.225 e. The minimum atomic E-state index is -0.166. The Morgan fingerprint density at radius 2 is 2.21 bits per heavy atom. The predicted molar refractivity (Wildman–Crippen MR) is 88.4 cm³/mol. The zero-order valence-electron chi connectivity index (χ0n) is 13.3. The molecule has 1 unspecified atom stereocenters. The summed E-state index contributed by atoms with van der Waals surface area (Å²) in [5, 5.41) is 5.48. The van der Waals surface area contributed by atoms with Crippen LogP contribution < -0.4 is 15.4 Å². The van der Waals surface area contributed by atoms with Crippen LogP contribution in [0.2, 0.25) is 0 Å². The lowest BCUT2D eigenvalue weighted by molar-refractivity contribution is -0.119. The summed E-state index contributed by atoms with van der Waals surface area (Å²) in [4.78, 5) is 31.6. The molecule has 0 spiro atoms. The molecule has 2 aromatic rings. The first-order valence-corrected chi connectivity index (χ1v) is 7.67. The van der Waals surface area contributed by atoms with Crippen molar-refractivity contribution in [2.45, 2.75) is 12.8 Å². The smallest absolute Gasteiger partial charge is 0.225 e. The van der Waals surface area contributed by atoms with Crippen LogP contribution in [0.1, 0.15) is 12.8 Å². The number of carbonyl (C=O) groups is 2. The van der Waals surface area contributed by atoms with Gasteiger partial charge in [-0.15, -0.1) is 0 Å². The number of amides is 2. The average Bonchev–Trinajstić information content (AvgIpc) is 2.99. The van der Waals surface area contributed by atoms with Crippen molar-refractivity contribution in [2.24, 2.45) is 5.92 Å². The lowest BCUT2D eigenvalue weighted by atomic mass is 10.0. The summed E-state index contributed by atoms with van der Waals surface area (Å²) in [5.41, 5.74) is 1.49. The first-order chi connectivity index (χ1) is 11.7. The molecule has 7 nitrogen and oxygen atoms in total. The highest BCUT2D eigenvalue weighted by Crippen LogP contribution is 2.28. The molecule has 7 heteroatoms. The second-order valence-electron chi connectivity index (χ2n) is 5.62. The molecule has 1 saturated heterocycles. The van der Waals surface area contributed by atoms with Crippen molar-refractivity contribution < 1.29 is 14.3 Å². The Balaban J connectivity index is 1.71. The Morgan fingerprint density at radius 1 is 1.38 bits per heavy atom. The van der Waals surface area contributed by atoms with E-state index < -0.39 is 0 Å². The molecule has 0 bridgehead atoms. The molecule has 3 rings (SSSR count). The summed E-state index contributed by atoms with van der Waals surface area (Å²) in [6, 6.07) is 9.21. The van der Waals surface area contributed by atoms with E-state index in [2.05, 4.69) is 20.6 Å². The number of para-hydroxylation sites is 1. The number of nitrogens with zero attached hydrogens (tertiary/aromatic N) is 2. The number of carbonyl (C=O) groups excluding carboxylic acids is 2. The van der Waals surface area contributed by atoms with Crippen molar-refractivity contribution in [3.05, 3.63) is 36.7 Å². The number of hydrogen-bond donors (Lipinski definition) is 2. The maximum absolute atomic E-state index is 12.1. The molecule has 0 radical (unpaired) electrons. The Bertz CT molecular complexity index is 763. The van der Waals surface area contributed by atoms with Crippen molar-refractivity contribution in [1.29, 1.82) is 0 Å². The summed E-state index contributed by atoms with van der Waals surface area (Å²) in [6.07, 6.45) is 2.08. The molecule has 0 aliphatic carbocycles. The second-order valence-corrected chi connectivity index (χ2v) is 5.62. The third-order valence-electron chi connectivity index (χ3n) is 3.85. The first-order valence-electron chi connectivity index (χ1n) is 7.67. The van der Waals surface area contributed by atoms with E-state index in [4.69, 9.17) is 4.74 Å². The monoisotopic (exact) mass is 326 g/mol. The highest BCUT2D eigenvalue weighted by molar-refractivity contribution is 5.91. The summed E-state index contributed by atoms with van der Waals surface area (Å²) in [5.74, 6) is 0.986. The number of hydrogen-bond acceptors (Lipinski definition) is 5. The molecular formula is C17H18N4O3. The zero-order chi connectivity index (χ0) is 16.9. The van der Waals surface area contributed by atoms with Crippen LogP contribution in [0.3, 0.4) is 0 Å². The van der Waals surface area contributed by atoms with E-state index in [1.807, 2.05) is 24.3 Å². The first kappa shape index (κ1) is 15.9. The van der Waals surface area contributed by atoms with Gasteiger partial charge in [0.05, 0.1) is 12.8 Å². The third-order valence-corrected chi connectivity index (χ3v) is 3.85. The third kappa shape index (κ3) is 3.68. The van der Waals surface area contributed by atoms with Gasteiger partial charge in [-0.3, -0.25) is 9.59 Å². The maximum atomic E-state index is 12.1. The number of benzene rings is 1. The normalized spacial score (nSPS) is 16.5. The van der Waals surface area contributed by atoms with Gasteiger partial charge in [-0.1, -0.05) is 12.1 Å². The second kappa shape index (κ2) is 7.08. The number of ether oxygens (including phenoxy) is 1. The van der Waals surface area contributed by atoms with Crippen LogP contribution in [0.5, 0.6) is 5.75 Å². The van der Waals surface area contributed by atoms with Gasteiger partial charge in [0, 0.05) is 31.0 Å². The number of rotatable bonds is 5. The Kier molecular flexibility index (Phi) is 4.69. The van der Waals surface area contributed by atoms with Gasteiger partial charge in [0.15, 0.2) is 0 Å². The van der Waals surface area contributed by atoms with Gasteiger partial charge in [-0.05, 0) is 18.1 Å². The van der Waals surface area contributed by atoms with Gasteiger partial charge in [-0.2, -0.15) is 0 Å². The fourth-order valence-electron chi connectivity index (χ4n) is 2.69. The van der Waals surface area contributed by atoms with E-state index in [-0.39, 0.29) is 24.2 Å². The van der Waals surface area contributed by atoms with Gasteiger partial charge < -0.3 is 15.4 Å². The van der Waals surface area contributed by atoms with Crippen LogP contribution in [0, 0.1) is 5.92 Å². The predicted octanol–water partition coefficient (Wildman–Crippen LogP) is 1.62. The number of methoxy groups -OCH3 is 1. The molecule has 2 N–H and O–H groups in total. The molecule has 1 aliphatic heterocycles. The summed E-state index contributed by atoms with van der Waals surface area (Å²) < 4.78 is 5.33. The van der Waals surface area contributed by atoms with Gasteiger partial charge in [0.2, 0.25) is 11.8 Å². The molecule has 2 amide bonds. The fourth-order valence-corrected chi connectivity index (χ4v) is 2.69. The van der Waals surface area contributed by atoms with E-state index in [0.717, 1.165) is 5.56 Å². The number of aromatic nitrogens is 2. The van der Waals surface area contributed by atoms with Crippen molar-refractivity contribution in [1.82, 2.24) is 15.3 Å². The minimum Gasteiger partial charge on any atom is -0.496 e. The number of anilines is 1. The lowest BCUT2D eigenvalue weighted by Gasteiger charge is -2.10. The van der Waals surface area contributed by atoms with Crippen molar-refractivity contribution in [3.8, 4) is 17.0 Å². The van der Waals surface area contributed by atoms with Crippen LogP contribution in [0.25, 0.3) is 11.3 Å². The van der Waals surface area contributed by atoms with E-state index >= 15 is 0 Å². The van der Waals surface area contributed by atoms with Crippen molar-refractivity contribution >= 4 is 17.6 Å². The van der Waals surface area contributed by atoms with Crippen LogP contribution in [-0.4, -0.2) is 35.4 Å². The molecule has 124 valence electrons. The Labute approximate surface area is 139 Å². The van der Waals surface area contributed by atoms with Crippen LogP contribution >= 0.6 is 0 Å². The molecule has 1 aliphatic rings. The standard InChI is InChI=1S/C17H18N4O3/c1-24-14-5-3-2-4-12(14)13-8-15(20-10-19-13)21-17(23)7-11-6-16(22)18-9-11/h2-5,8,10-11H,6-7,9H2,1H3,(H,18,22)(H,19,20,21,23). The SMILES string of the molecule is COc1ccccc1-c1cc(NC(=O)CC2CNC(=O)C2)ncn1. The molecule has 1 fully saturated rings. The Hall–Kier alpha value is -2.96. The van der Waals surface area contributed by atoms with E-state index in [1.165, 1.54) is 6.33 Å². The molecule has 1 aromatic carbocycles. The molecule has 24 heavy (non-hydrogen) atoms. The zero-order valence-corrected chi connectivity index (χ0v) is 13.3. The largest absolute Gasteiger partial charge is 0.496 e. The van der Waals surface area contributed by atoms with Gasteiger partial charge >= 0.3 is 0 Å². The summed E-state index contributed by atoms with van der Waals surface area (Å²) in [7, 11) is 1.60. The van der Waals surface area contributed by atoms with Gasteiger partial charge in [0.25, 0.3) is 0 Å². The minimum absolute atomic E-state index is 0.00621. The van der Waals surface area contributed by atoms with Crippen LogP contribution in [0.4, 0.5) is 5.82 Å². The quantitative estimate of drug-likeness (QED) is 0.871. The fraction of sp³-hybridized carbons (Fsp3) is 0.294. The van der Waals surface area contributed by atoms with E-state index in [9.17, 15) is 9.59 Å². The summed E-state index contributed by atoms with van der Waals surface area (Å²) in [6.45, 7) is 0.544. The highest BCUT2D eigenvalue weighted by Gasteiger charge is 2.24. The van der Waals surface area contributed by atoms with Crippen LogP contribution in [0.15, 0.2) is 36.7 Å². The summed E-state index contributed by atoms with van der Waals surface area (Å²) >= 11 is 0.